The third-order valence-electron chi connectivity index (χ3n) is 2.87. The lowest BCUT2D eigenvalue weighted by Crippen LogP contribution is -2.14. The van der Waals surface area contributed by atoms with Gasteiger partial charge in [0.2, 0.25) is 5.91 Å². The maximum Gasteiger partial charge on any atom is 0.228 e. The van der Waals surface area contributed by atoms with Crippen molar-refractivity contribution in [1.82, 2.24) is 0 Å². The van der Waals surface area contributed by atoms with Crippen LogP contribution in [0.15, 0.2) is 48.5 Å². The first kappa shape index (κ1) is 13.8. The van der Waals surface area contributed by atoms with Crippen LogP contribution in [-0.4, -0.2) is 11.7 Å². The summed E-state index contributed by atoms with van der Waals surface area (Å²) in [5.74, 6) is -0.173. The number of carbonyl (C=O) groups excluding carboxylic acids is 2. The minimum atomic E-state index is -0.142. The molecular weight excluding hydrogens is 252 g/mol. The van der Waals surface area contributed by atoms with E-state index in [1.54, 1.807) is 36.4 Å². The summed E-state index contributed by atoms with van der Waals surface area (Å²) in [6.07, 6.45) is 0.245. The fourth-order valence-corrected chi connectivity index (χ4v) is 1.91. The number of hydrogen-bond acceptors (Lipinski definition) is 3. The van der Waals surface area contributed by atoms with Crippen LogP contribution in [0.4, 0.5) is 11.4 Å². The largest absolute Gasteiger partial charge is 0.399 e. The van der Waals surface area contributed by atoms with Crippen molar-refractivity contribution in [3.8, 4) is 0 Å². The van der Waals surface area contributed by atoms with Crippen LogP contribution in [0.5, 0.6) is 0 Å². The highest BCUT2D eigenvalue weighted by Crippen LogP contribution is 2.13. The number of ketones is 1. The lowest BCUT2D eigenvalue weighted by Gasteiger charge is -2.07. The average molecular weight is 268 g/mol. The summed E-state index contributed by atoms with van der Waals surface area (Å²) in [7, 11) is 0. The Morgan fingerprint density at radius 2 is 1.85 bits per heavy atom. The van der Waals surface area contributed by atoms with Gasteiger partial charge in [-0.2, -0.15) is 0 Å². The lowest BCUT2D eigenvalue weighted by atomic mass is 10.1. The number of rotatable bonds is 4. The van der Waals surface area contributed by atoms with Crippen molar-refractivity contribution in [1.29, 1.82) is 0 Å². The van der Waals surface area contributed by atoms with Gasteiger partial charge in [-0.15, -0.1) is 0 Å². The summed E-state index contributed by atoms with van der Waals surface area (Å²) in [4.78, 5) is 23.2. The van der Waals surface area contributed by atoms with Crippen molar-refractivity contribution >= 4 is 23.1 Å². The molecule has 0 fully saturated rings. The van der Waals surface area contributed by atoms with Gasteiger partial charge in [0.05, 0.1) is 6.42 Å². The molecule has 20 heavy (non-hydrogen) atoms. The first-order chi connectivity index (χ1) is 9.54. The fourth-order valence-electron chi connectivity index (χ4n) is 1.91. The Morgan fingerprint density at radius 3 is 2.55 bits per heavy atom. The van der Waals surface area contributed by atoms with Crippen LogP contribution in [0.1, 0.15) is 22.8 Å². The quantitative estimate of drug-likeness (QED) is 0.661. The molecule has 0 aliphatic rings. The van der Waals surface area contributed by atoms with Crippen molar-refractivity contribution in [3.63, 3.8) is 0 Å². The van der Waals surface area contributed by atoms with Gasteiger partial charge in [0, 0.05) is 16.9 Å². The monoisotopic (exact) mass is 268 g/mol. The zero-order chi connectivity index (χ0) is 14.5. The predicted octanol–water partition coefficient (Wildman–Crippen LogP) is 2.65. The van der Waals surface area contributed by atoms with Crippen LogP contribution in [-0.2, 0) is 11.2 Å². The van der Waals surface area contributed by atoms with E-state index >= 15 is 0 Å². The highest BCUT2D eigenvalue weighted by atomic mass is 16.1. The molecule has 0 radical (unpaired) electrons. The molecule has 2 aromatic rings. The minimum absolute atomic E-state index is 0.0306. The Morgan fingerprint density at radius 1 is 1.10 bits per heavy atom. The Bertz CT molecular complexity index is 650. The van der Waals surface area contributed by atoms with Crippen molar-refractivity contribution in [2.45, 2.75) is 13.3 Å². The summed E-state index contributed by atoms with van der Waals surface area (Å²) in [5.41, 5.74) is 8.35. The molecule has 0 aliphatic carbocycles. The van der Waals surface area contributed by atoms with Gasteiger partial charge in [-0.1, -0.05) is 24.3 Å². The molecule has 3 N–H and O–H groups in total. The molecule has 0 saturated heterocycles. The molecule has 1 amide bonds. The molecule has 0 spiro atoms. The van der Waals surface area contributed by atoms with Gasteiger partial charge in [-0.3, -0.25) is 9.59 Å². The molecule has 4 nitrogen and oxygen atoms in total. The highest BCUT2D eigenvalue weighted by Gasteiger charge is 2.06. The summed E-state index contributed by atoms with van der Waals surface area (Å²) in [5, 5.41) is 2.77. The first-order valence-electron chi connectivity index (χ1n) is 6.30. The molecular formula is C16H16N2O2. The van der Waals surface area contributed by atoms with E-state index < -0.39 is 0 Å². The second-order valence-corrected chi connectivity index (χ2v) is 4.61. The van der Waals surface area contributed by atoms with Gasteiger partial charge in [0.25, 0.3) is 0 Å². The van der Waals surface area contributed by atoms with E-state index in [-0.39, 0.29) is 18.1 Å². The van der Waals surface area contributed by atoms with Crippen LogP contribution < -0.4 is 11.1 Å². The minimum Gasteiger partial charge on any atom is -0.399 e. The van der Waals surface area contributed by atoms with Gasteiger partial charge in [0.15, 0.2) is 5.78 Å². The molecule has 102 valence electrons. The zero-order valence-corrected chi connectivity index (χ0v) is 11.2. The van der Waals surface area contributed by atoms with Gasteiger partial charge in [0.1, 0.15) is 0 Å². The summed E-state index contributed by atoms with van der Waals surface area (Å²) in [6.45, 7) is 1.49. The number of carbonyl (C=O) groups is 2. The first-order valence-corrected chi connectivity index (χ1v) is 6.30. The van der Waals surface area contributed by atoms with E-state index in [1.165, 1.54) is 6.92 Å². The van der Waals surface area contributed by atoms with Crippen molar-refractivity contribution < 1.29 is 9.59 Å². The lowest BCUT2D eigenvalue weighted by molar-refractivity contribution is -0.115. The van der Waals surface area contributed by atoms with Crippen LogP contribution in [0.3, 0.4) is 0 Å². The molecule has 0 bridgehead atoms. The van der Waals surface area contributed by atoms with Gasteiger partial charge in [-0.25, -0.2) is 0 Å². The number of hydrogen-bond donors (Lipinski definition) is 2. The summed E-state index contributed by atoms with van der Waals surface area (Å²) < 4.78 is 0. The van der Waals surface area contributed by atoms with E-state index in [9.17, 15) is 9.59 Å². The number of amides is 1. The molecule has 0 saturated carbocycles. The van der Waals surface area contributed by atoms with Crippen LogP contribution in [0.2, 0.25) is 0 Å². The van der Waals surface area contributed by atoms with E-state index in [4.69, 9.17) is 5.73 Å². The normalized spacial score (nSPS) is 10.1. The Kier molecular flexibility index (Phi) is 4.15. The summed E-state index contributed by atoms with van der Waals surface area (Å²) >= 11 is 0. The standard InChI is InChI=1S/C16H16N2O2/c1-11(19)13-5-3-7-15(10-13)18-16(20)9-12-4-2-6-14(17)8-12/h2-8,10H,9,17H2,1H3,(H,18,20). The third kappa shape index (κ3) is 3.68. The van der Waals surface area contributed by atoms with Crippen LogP contribution in [0, 0.1) is 0 Å². The number of nitrogen functional groups attached to an aromatic ring is 1. The smallest absolute Gasteiger partial charge is 0.228 e. The maximum absolute atomic E-state index is 11.9. The zero-order valence-electron chi connectivity index (χ0n) is 11.2. The number of nitrogens with two attached hydrogens (primary N) is 1. The van der Waals surface area contributed by atoms with Gasteiger partial charge >= 0.3 is 0 Å². The van der Waals surface area contributed by atoms with E-state index in [0.29, 0.717) is 16.9 Å². The van der Waals surface area contributed by atoms with E-state index in [0.717, 1.165) is 5.56 Å². The maximum atomic E-state index is 11.9. The molecule has 0 atom stereocenters. The van der Waals surface area contributed by atoms with E-state index in [1.807, 2.05) is 12.1 Å². The SMILES string of the molecule is CC(=O)c1cccc(NC(=O)Cc2cccc(N)c2)c1. The van der Waals surface area contributed by atoms with Crippen molar-refractivity contribution in [2.24, 2.45) is 0 Å². The fraction of sp³-hybridized carbons (Fsp3) is 0.125. The van der Waals surface area contributed by atoms with Crippen LogP contribution in [0.25, 0.3) is 0 Å². The van der Waals surface area contributed by atoms with Gasteiger partial charge < -0.3 is 11.1 Å². The number of anilines is 2. The Labute approximate surface area is 117 Å². The predicted molar refractivity (Wildman–Crippen MR) is 79.6 cm³/mol. The second kappa shape index (κ2) is 6.02. The van der Waals surface area contributed by atoms with Crippen molar-refractivity contribution in [3.05, 3.63) is 59.7 Å². The molecule has 0 aliphatic heterocycles. The molecule has 0 aromatic heterocycles. The number of nitrogens with one attached hydrogen (secondary N) is 1. The Hall–Kier alpha value is -2.62. The molecule has 0 heterocycles. The van der Waals surface area contributed by atoms with Crippen molar-refractivity contribution in [2.75, 3.05) is 11.1 Å². The average Bonchev–Trinajstić information content (AvgIpc) is 2.38. The molecule has 4 heteroatoms. The van der Waals surface area contributed by atoms with E-state index in [2.05, 4.69) is 5.32 Å². The molecule has 2 aromatic carbocycles. The highest BCUT2D eigenvalue weighted by molar-refractivity contribution is 5.97. The Balaban J connectivity index is 2.04. The third-order valence-corrected chi connectivity index (χ3v) is 2.87. The molecule has 0 unspecified atom stereocenters. The number of Topliss-reactive ketones (excluding diaryl/α,β-unsaturated/α-hetero) is 1. The summed E-state index contributed by atoms with van der Waals surface area (Å²) in [6, 6.07) is 14.1. The van der Waals surface area contributed by atoms with Crippen LogP contribution >= 0.6 is 0 Å². The van der Waals surface area contributed by atoms with Gasteiger partial charge in [-0.05, 0) is 36.8 Å². The molecule has 2 rings (SSSR count). The topological polar surface area (TPSA) is 72.2 Å². The number of benzene rings is 2. The second-order valence-electron chi connectivity index (χ2n) is 4.61.